The van der Waals surface area contributed by atoms with E-state index in [0.717, 1.165) is 17.5 Å². The highest BCUT2D eigenvalue weighted by Crippen LogP contribution is 2.27. The molecule has 0 aliphatic rings. The van der Waals surface area contributed by atoms with Gasteiger partial charge in [0.1, 0.15) is 5.75 Å². The van der Waals surface area contributed by atoms with E-state index in [4.69, 9.17) is 4.74 Å². The molecule has 0 bridgehead atoms. The van der Waals surface area contributed by atoms with Crippen molar-refractivity contribution in [2.45, 2.75) is 53.0 Å². The highest BCUT2D eigenvalue weighted by atomic mass is 16.5. The van der Waals surface area contributed by atoms with Crippen molar-refractivity contribution in [2.75, 3.05) is 11.9 Å². The number of aryl methyl sites for hydroxylation is 1. The third-order valence-electron chi connectivity index (χ3n) is 4.59. The zero-order chi connectivity index (χ0) is 20.7. The topological polar surface area (TPSA) is 67.4 Å². The molecule has 150 valence electrons. The van der Waals surface area contributed by atoms with Gasteiger partial charge in [-0.25, -0.2) is 0 Å². The van der Waals surface area contributed by atoms with Crippen LogP contribution in [0.5, 0.6) is 5.75 Å². The number of benzene rings is 2. The molecule has 5 nitrogen and oxygen atoms in total. The maximum Gasteiger partial charge on any atom is 0.262 e. The molecule has 2 aromatic rings. The molecule has 0 aliphatic heterocycles. The summed E-state index contributed by atoms with van der Waals surface area (Å²) >= 11 is 0. The van der Waals surface area contributed by atoms with Crippen molar-refractivity contribution in [3.63, 3.8) is 0 Å². The van der Waals surface area contributed by atoms with Crippen LogP contribution >= 0.6 is 0 Å². The summed E-state index contributed by atoms with van der Waals surface area (Å²) in [4.78, 5) is 24.9. The minimum Gasteiger partial charge on any atom is -0.483 e. The Hall–Kier alpha value is -2.82. The Kier molecular flexibility index (Phi) is 7.61. The van der Waals surface area contributed by atoms with Gasteiger partial charge in [-0.2, -0.15) is 0 Å². The van der Waals surface area contributed by atoms with Crippen LogP contribution in [0.3, 0.4) is 0 Å². The fourth-order valence-electron chi connectivity index (χ4n) is 2.77. The van der Waals surface area contributed by atoms with Crippen molar-refractivity contribution < 1.29 is 14.3 Å². The Morgan fingerprint density at radius 1 is 1.07 bits per heavy atom. The predicted octanol–water partition coefficient (Wildman–Crippen LogP) is 4.66. The molecule has 0 saturated heterocycles. The van der Waals surface area contributed by atoms with Gasteiger partial charge in [-0.3, -0.25) is 9.59 Å². The van der Waals surface area contributed by atoms with Crippen LogP contribution in [0.1, 0.15) is 61.5 Å². The second-order valence-electron chi connectivity index (χ2n) is 7.36. The minimum atomic E-state index is -0.306. The summed E-state index contributed by atoms with van der Waals surface area (Å²) in [5.74, 6) is 0.503. The fourth-order valence-corrected chi connectivity index (χ4v) is 2.77. The molecule has 0 heterocycles. The van der Waals surface area contributed by atoms with Crippen molar-refractivity contribution in [2.24, 2.45) is 0 Å². The first-order valence-corrected chi connectivity index (χ1v) is 9.74. The van der Waals surface area contributed by atoms with Gasteiger partial charge in [0.05, 0.1) is 11.3 Å². The van der Waals surface area contributed by atoms with Gasteiger partial charge in [0, 0.05) is 6.04 Å². The van der Waals surface area contributed by atoms with Gasteiger partial charge in [-0.15, -0.1) is 0 Å². The van der Waals surface area contributed by atoms with Crippen molar-refractivity contribution in [3.05, 3.63) is 59.2 Å². The Bertz CT molecular complexity index is 830. The lowest BCUT2D eigenvalue weighted by Crippen LogP contribution is -2.33. The summed E-state index contributed by atoms with van der Waals surface area (Å²) in [6.45, 7) is 9.99. The first kappa shape index (κ1) is 21.5. The number of carbonyl (C=O) groups is 2. The Labute approximate surface area is 167 Å². The molecule has 2 N–H and O–H groups in total. The molecular weight excluding hydrogens is 352 g/mol. The van der Waals surface area contributed by atoms with E-state index in [0.29, 0.717) is 22.9 Å². The van der Waals surface area contributed by atoms with Gasteiger partial charge >= 0.3 is 0 Å². The molecule has 28 heavy (non-hydrogen) atoms. The number of hydrogen-bond donors (Lipinski definition) is 2. The van der Waals surface area contributed by atoms with Crippen LogP contribution in [0.2, 0.25) is 0 Å². The van der Waals surface area contributed by atoms with Gasteiger partial charge in [0.15, 0.2) is 6.61 Å². The Morgan fingerprint density at radius 2 is 1.79 bits per heavy atom. The molecule has 0 aromatic heterocycles. The van der Waals surface area contributed by atoms with Crippen LogP contribution in [-0.4, -0.2) is 24.5 Å². The van der Waals surface area contributed by atoms with Crippen molar-refractivity contribution in [1.29, 1.82) is 0 Å². The van der Waals surface area contributed by atoms with Crippen LogP contribution < -0.4 is 15.4 Å². The molecule has 0 aliphatic carbocycles. The summed E-state index contributed by atoms with van der Waals surface area (Å²) < 4.78 is 5.78. The molecule has 5 heteroatoms. The van der Waals surface area contributed by atoms with Crippen LogP contribution in [0, 0.1) is 6.92 Å². The summed E-state index contributed by atoms with van der Waals surface area (Å²) in [7, 11) is 0. The normalized spacial score (nSPS) is 11.8. The van der Waals surface area contributed by atoms with Gasteiger partial charge in [-0.1, -0.05) is 45.0 Å². The molecular formula is C23H30N2O3. The monoisotopic (exact) mass is 382 g/mol. The third-order valence-corrected chi connectivity index (χ3v) is 4.59. The van der Waals surface area contributed by atoms with E-state index in [1.807, 2.05) is 39.0 Å². The second-order valence-corrected chi connectivity index (χ2v) is 7.36. The van der Waals surface area contributed by atoms with Crippen molar-refractivity contribution >= 4 is 17.5 Å². The maximum absolute atomic E-state index is 12.5. The first-order valence-electron chi connectivity index (χ1n) is 9.74. The summed E-state index contributed by atoms with van der Waals surface area (Å²) in [6, 6.07) is 13.1. The van der Waals surface area contributed by atoms with Gasteiger partial charge in [0.2, 0.25) is 0 Å². The average Bonchev–Trinajstić information content (AvgIpc) is 2.66. The van der Waals surface area contributed by atoms with E-state index >= 15 is 0 Å². The first-order chi connectivity index (χ1) is 13.3. The number of nitrogens with one attached hydrogen (secondary N) is 2. The van der Waals surface area contributed by atoms with E-state index < -0.39 is 0 Å². The number of ether oxygens (including phenoxy) is 1. The number of carbonyl (C=O) groups excluding carboxylic acids is 2. The summed E-state index contributed by atoms with van der Waals surface area (Å²) in [5.41, 5.74) is 3.05. The molecule has 2 amide bonds. The maximum atomic E-state index is 12.5. The van der Waals surface area contributed by atoms with Crippen LogP contribution in [-0.2, 0) is 4.79 Å². The smallest absolute Gasteiger partial charge is 0.262 e. The Balaban J connectivity index is 2.07. The number of hydrogen-bond acceptors (Lipinski definition) is 3. The molecule has 1 unspecified atom stereocenters. The lowest BCUT2D eigenvalue weighted by Gasteiger charge is -2.16. The summed E-state index contributed by atoms with van der Waals surface area (Å²) in [6.07, 6.45) is 0.836. The van der Waals surface area contributed by atoms with Crippen LogP contribution in [0.15, 0.2) is 42.5 Å². The lowest BCUT2D eigenvalue weighted by molar-refractivity contribution is -0.118. The van der Waals surface area contributed by atoms with E-state index in [2.05, 4.69) is 24.5 Å². The molecule has 0 fully saturated rings. The minimum absolute atomic E-state index is 0.0652. The molecule has 2 aromatic carbocycles. The molecule has 2 rings (SSSR count). The predicted molar refractivity (Wildman–Crippen MR) is 113 cm³/mol. The van der Waals surface area contributed by atoms with Gasteiger partial charge in [0.25, 0.3) is 11.8 Å². The van der Waals surface area contributed by atoms with Crippen LogP contribution in [0.25, 0.3) is 0 Å². The quantitative estimate of drug-likeness (QED) is 0.697. The second kappa shape index (κ2) is 9.93. The zero-order valence-corrected chi connectivity index (χ0v) is 17.3. The Morgan fingerprint density at radius 3 is 2.46 bits per heavy atom. The third kappa shape index (κ3) is 5.84. The van der Waals surface area contributed by atoms with Gasteiger partial charge in [-0.05, 0) is 55.5 Å². The van der Waals surface area contributed by atoms with E-state index in [1.54, 1.807) is 24.3 Å². The van der Waals surface area contributed by atoms with E-state index in [9.17, 15) is 9.59 Å². The highest BCUT2D eigenvalue weighted by molar-refractivity contribution is 6.04. The van der Waals surface area contributed by atoms with Gasteiger partial charge < -0.3 is 15.4 Å². The van der Waals surface area contributed by atoms with Crippen LogP contribution in [0.4, 0.5) is 5.69 Å². The SMILES string of the molecule is CCC(C)NC(=O)c1ccccc1NC(=O)COc1cc(C)ccc1C(C)C. The lowest BCUT2D eigenvalue weighted by atomic mass is 10.0. The number of anilines is 1. The number of amides is 2. The van der Waals surface area contributed by atoms with E-state index in [-0.39, 0.29) is 24.5 Å². The van der Waals surface area contributed by atoms with E-state index in [1.165, 1.54) is 0 Å². The number of para-hydroxylation sites is 1. The molecule has 0 spiro atoms. The van der Waals surface area contributed by atoms with Crippen molar-refractivity contribution in [1.82, 2.24) is 5.32 Å². The summed E-state index contributed by atoms with van der Waals surface area (Å²) in [5, 5.41) is 5.71. The van der Waals surface area contributed by atoms with Crippen molar-refractivity contribution in [3.8, 4) is 5.75 Å². The fraction of sp³-hybridized carbons (Fsp3) is 0.391. The molecule has 0 saturated carbocycles. The average molecular weight is 383 g/mol. The molecule has 0 radical (unpaired) electrons. The largest absolute Gasteiger partial charge is 0.483 e. The highest BCUT2D eigenvalue weighted by Gasteiger charge is 2.15. The number of rotatable bonds is 8. The molecule has 1 atom stereocenters. The standard InChI is InChI=1S/C23H30N2O3/c1-6-17(5)24-23(27)19-9-7-8-10-20(19)25-22(26)14-28-21-13-16(4)11-12-18(21)15(2)3/h7-13,15,17H,6,14H2,1-5H3,(H,24,27)(H,25,26). The zero-order valence-electron chi connectivity index (χ0n) is 17.3.